The van der Waals surface area contributed by atoms with Crippen molar-refractivity contribution in [2.75, 3.05) is 5.32 Å². The first-order valence-electron chi connectivity index (χ1n) is 6.36. The van der Waals surface area contributed by atoms with Gasteiger partial charge >= 0.3 is 0 Å². The van der Waals surface area contributed by atoms with E-state index in [0.717, 1.165) is 0 Å². The van der Waals surface area contributed by atoms with Gasteiger partial charge in [-0.1, -0.05) is 24.3 Å². The van der Waals surface area contributed by atoms with Crippen molar-refractivity contribution < 1.29 is 9.90 Å². The van der Waals surface area contributed by atoms with E-state index in [1.165, 1.54) is 18.2 Å². The number of anilines is 1. The van der Waals surface area contributed by atoms with Crippen LogP contribution in [0, 0.1) is 0 Å². The highest BCUT2D eigenvalue weighted by molar-refractivity contribution is 6.12. The van der Waals surface area contributed by atoms with Gasteiger partial charge in [0.25, 0.3) is 5.91 Å². The Morgan fingerprint density at radius 1 is 1.05 bits per heavy atom. The van der Waals surface area contributed by atoms with Crippen LogP contribution in [0.2, 0.25) is 0 Å². The average molecular weight is 280 g/mol. The Morgan fingerprint density at radius 3 is 2.67 bits per heavy atom. The minimum Gasteiger partial charge on any atom is -0.508 e. The molecule has 0 aliphatic heterocycles. The van der Waals surface area contributed by atoms with Crippen LogP contribution in [0.4, 0.5) is 5.69 Å². The Kier molecular flexibility index (Phi) is 3.16. The van der Waals surface area contributed by atoms with E-state index < -0.39 is 5.91 Å². The number of amides is 1. The predicted octanol–water partition coefficient (Wildman–Crippen LogP) is 2.49. The van der Waals surface area contributed by atoms with E-state index in [0.29, 0.717) is 16.6 Å². The number of hydrogen-bond acceptors (Lipinski definition) is 3. The van der Waals surface area contributed by atoms with Gasteiger partial charge in [0.1, 0.15) is 5.75 Å². The lowest BCUT2D eigenvalue weighted by Gasteiger charge is -2.08. The van der Waals surface area contributed by atoms with Crippen LogP contribution in [0.15, 0.2) is 59.4 Å². The van der Waals surface area contributed by atoms with E-state index in [9.17, 15) is 14.7 Å². The van der Waals surface area contributed by atoms with E-state index in [4.69, 9.17) is 0 Å². The maximum absolute atomic E-state index is 12.3. The molecule has 3 rings (SSSR count). The number of carbonyl (C=O) groups excluding carboxylic acids is 1. The lowest BCUT2D eigenvalue weighted by molar-refractivity contribution is 0.102. The molecule has 2 aromatic carbocycles. The van der Waals surface area contributed by atoms with Gasteiger partial charge in [-0.2, -0.15) is 0 Å². The second-order valence-electron chi connectivity index (χ2n) is 4.60. The molecule has 0 spiro atoms. The van der Waals surface area contributed by atoms with Crippen molar-refractivity contribution in [3.8, 4) is 5.75 Å². The molecule has 5 nitrogen and oxygen atoms in total. The zero-order chi connectivity index (χ0) is 14.8. The molecule has 0 radical (unpaired) electrons. The minimum atomic E-state index is -0.400. The van der Waals surface area contributed by atoms with Crippen LogP contribution in [0.5, 0.6) is 5.75 Å². The van der Waals surface area contributed by atoms with Gasteiger partial charge in [-0.3, -0.25) is 9.59 Å². The van der Waals surface area contributed by atoms with Crippen molar-refractivity contribution in [3.05, 3.63) is 70.5 Å². The number of pyridine rings is 1. The van der Waals surface area contributed by atoms with Gasteiger partial charge < -0.3 is 15.4 Å². The number of benzene rings is 2. The van der Waals surface area contributed by atoms with Gasteiger partial charge in [0.15, 0.2) is 0 Å². The summed E-state index contributed by atoms with van der Waals surface area (Å²) in [4.78, 5) is 26.7. The number of nitrogens with one attached hydrogen (secondary N) is 2. The first kappa shape index (κ1) is 12.9. The number of aromatic amines is 1. The Balaban J connectivity index is 2.04. The molecule has 0 saturated carbocycles. The molecule has 5 heteroatoms. The molecule has 1 aromatic heterocycles. The molecule has 1 heterocycles. The van der Waals surface area contributed by atoms with Crippen molar-refractivity contribution in [2.45, 2.75) is 0 Å². The van der Waals surface area contributed by atoms with Gasteiger partial charge in [0.2, 0.25) is 5.56 Å². The summed E-state index contributed by atoms with van der Waals surface area (Å²) in [5, 5.41) is 12.7. The zero-order valence-corrected chi connectivity index (χ0v) is 11.0. The smallest absolute Gasteiger partial charge is 0.256 e. The summed E-state index contributed by atoms with van der Waals surface area (Å²) in [5.74, 6) is -0.341. The number of rotatable bonds is 2. The minimum absolute atomic E-state index is 0.0589. The number of fused-ring (bicyclic) bond motifs is 1. The Labute approximate surface area is 119 Å². The van der Waals surface area contributed by atoms with E-state index in [1.807, 2.05) is 0 Å². The number of para-hydroxylation sites is 1. The quantitative estimate of drug-likeness (QED) is 0.674. The first-order chi connectivity index (χ1) is 10.1. The van der Waals surface area contributed by atoms with Gasteiger partial charge in [-0.05, 0) is 18.2 Å². The fourth-order valence-electron chi connectivity index (χ4n) is 2.17. The van der Waals surface area contributed by atoms with Gasteiger partial charge in [-0.25, -0.2) is 0 Å². The van der Waals surface area contributed by atoms with E-state index in [-0.39, 0.29) is 16.9 Å². The summed E-state index contributed by atoms with van der Waals surface area (Å²) < 4.78 is 0. The molecule has 3 aromatic rings. The largest absolute Gasteiger partial charge is 0.508 e. The molecule has 0 fully saturated rings. The van der Waals surface area contributed by atoms with Gasteiger partial charge in [0.05, 0.1) is 5.56 Å². The van der Waals surface area contributed by atoms with Crippen molar-refractivity contribution in [3.63, 3.8) is 0 Å². The number of H-pyrrole nitrogens is 1. The molecule has 0 atom stereocenters. The van der Waals surface area contributed by atoms with Crippen molar-refractivity contribution >= 4 is 22.5 Å². The Morgan fingerprint density at radius 2 is 1.86 bits per heavy atom. The Hall–Kier alpha value is -3.08. The van der Waals surface area contributed by atoms with E-state index >= 15 is 0 Å². The molecule has 0 aliphatic rings. The fraction of sp³-hybridized carbons (Fsp3) is 0. The lowest BCUT2D eigenvalue weighted by atomic mass is 10.1. The summed E-state index contributed by atoms with van der Waals surface area (Å²) in [6, 6.07) is 14.6. The SMILES string of the molecule is O=C(Nc1cccc(O)c1)c1cc(=O)[nH]c2ccccc12. The van der Waals surface area contributed by atoms with Crippen LogP contribution in [-0.4, -0.2) is 16.0 Å². The molecule has 0 aliphatic carbocycles. The summed E-state index contributed by atoms with van der Waals surface area (Å²) in [6.07, 6.45) is 0. The molecular formula is C16H12N2O3. The molecule has 0 unspecified atom stereocenters. The summed E-state index contributed by atoms with van der Waals surface area (Å²) >= 11 is 0. The second kappa shape index (κ2) is 5.13. The molecular weight excluding hydrogens is 268 g/mol. The van der Waals surface area contributed by atoms with Crippen LogP contribution in [0.3, 0.4) is 0 Å². The molecule has 0 bridgehead atoms. The first-order valence-corrected chi connectivity index (χ1v) is 6.36. The highest BCUT2D eigenvalue weighted by Gasteiger charge is 2.12. The third-order valence-electron chi connectivity index (χ3n) is 3.10. The topological polar surface area (TPSA) is 82.2 Å². The molecule has 0 saturated heterocycles. The number of phenols is 1. The zero-order valence-electron chi connectivity index (χ0n) is 11.0. The normalized spacial score (nSPS) is 10.5. The highest BCUT2D eigenvalue weighted by Crippen LogP contribution is 2.19. The summed E-state index contributed by atoms with van der Waals surface area (Å²) in [6.45, 7) is 0. The molecule has 1 amide bonds. The summed E-state index contributed by atoms with van der Waals surface area (Å²) in [7, 11) is 0. The van der Waals surface area contributed by atoms with Crippen LogP contribution >= 0.6 is 0 Å². The fourth-order valence-corrected chi connectivity index (χ4v) is 2.17. The highest BCUT2D eigenvalue weighted by atomic mass is 16.3. The number of phenolic OH excluding ortho intramolecular Hbond substituents is 1. The van der Waals surface area contributed by atoms with Gasteiger partial charge in [0, 0.05) is 28.7 Å². The van der Waals surface area contributed by atoms with Crippen LogP contribution in [0.1, 0.15) is 10.4 Å². The maximum Gasteiger partial charge on any atom is 0.256 e. The number of aromatic hydroxyl groups is 1. The standard InChI is InChI=1S/C16H12N2O3/c19-11-5-3-4-10(8-11)17-16(21)13-9-15(20)18-14-7-2-1-6-12(13)14/h1-9,19H,(H,17,21)(H,18,20). The van der Waals surface area contributed by atoms with E-state index in [1.54, 1.807) is 36.4 Å². The third kappa shape index (κ3) is 2.62. The van der Waals surface area contributed by atoms with Gasteiger partial charge in [-0.15, -0.1) is 0 Å². The predicted molar refractivity (Wildman–Crippen MR) is 80.6 cm³/mol. The maximum atomic E-state index is 12.3. The molecule has 3 N–H and O–H groups in total. The number of hydrogen-bond donors (Lipinski definition) is 3. The molecule has 104 valence electrons. The summed E-state index contributed by atoms with van der Waals surface area (Å²) in [5.41, 5.74) is 1.02. The number of carbonyl (C=O) groups is 1. The lowest BCUT2D eigenvalue weighted by Crippen LogP contribution is -2.16. The van der Waals surface area contributed by atoms with Crippen molar-refractivity contribution in [2.24, 2.45) is 0 Å². The Bertz CT molecular complexity index is 884. The van der Waals surface area contributed by atoms with E-state index in [2.05, 4.69) is 10.3 Å². The van der Waals surface area contributed by atoms with Crippen molar-refractivity contribution in [1.82, 2.24) is 4.98 Å². The third-order valence-corrected chi connectivity index (χ3v) is 3.10. The van der Waals surface area contributed by atoms with Crippen molar-refractivity contribution in [1.29, 1.82) is 0 Å². The van der Waals surface area contributed by atoms with Crippen LogP contribution in [0.25, 0.3) is 10.9 Å². The second-order valence-corrected chi connectivity index (χ2v) is 4.60. The monoisotopic (exact) mass is 280 g/mol. The van der Waals surface area contributed by atoms with Crippen LogP contribution < -0.4 is 10.9 Å². The van der Waals surface area contributed by atoms with Crippen LogP contribution in [-0.2, 0) is 0 Å². The molecule has 21 heavy (non-hydrogen) atoms. The number of aromatic nitrogens is 1. The average Bonchev–Trinajstić information content (AvgIpc) is 2.46.